The highest BCUT2D eigenvalue weighted by Crippen LogP contribution is 2.37. The molecule has 7 nitrogen and oxygen atoms in total. The van der Waals surface area contributed by atoms with Gasteiger partial charge in [0.05, 0.1) is 5.92 Å². The number of nitrogens with zero attached hydrogens (tertiary/aromatic N) is 3. The Kier molecular flexibility index (Phi) is 2.58. The van der Waals surface area contributed by atoms with Crippen LogP contribution in [0.25, 0.3) is 11.6 Å². The fourth-order valence-electron chi connectivity index (χ4n) is 2.31. The molecule has 0 bridgehead atoms. The van der Waals surface area contributed by atoms with Crippen LogP contribution >= 0.6 is 0 Å². The van der Waals surface area contributed by atoms with Crippen LogP contribution in [-0.2, 0) is 4.79 Å². The lowest BCUT2D eigenvalue weighted by Crippen LogP contribution is -2.09. The number of carboxylic acids is 1. The number of carbonyl (C=O) groups is 1. The molecule has 2 N–H and O–H groups in total. The number of hydrogen-bond donors (Lipinski definition) is 2. The van der Waals surface area contributed by atoms with Gasteiger partial charge in [-0.1, -0.05) is 5.16 Å². The topological polar surface area (TPSA) is 105 Å². The summed E-state index contributed by atoms with van der Waals surface area (Å²) in [4.78, 5) is 22.1. The number of aromatic amines is 1. The van der Waals surface area contributed by atoms with Crippen molar-refractivity contribution in [1.82, 2.24) is 20.1 Å². The predicted molar refractivity (Wildman–Crippen MR) is 59.6 cm³/mol. The zero-order chi connectivity index (χ0) is 12.5. The van der Waals surface area contributed by atoms with E-state index < -0.39 is 5.97 Å². The third kappa shape index (κ3) is 1.87. The van der Waals surface area contributed by atoms with Gasteiger partial charge in [0, 0.05) is 18.3 Å². The predicted octanol–water partition coefficient (Wildman–Crippen LogP) is 1.43. The molecule has 1 aliphatic carbocycles. The molecule has 0 aliphatic heterocycles. The molecular weight excluding hydrogens is 236 g/mol. The Bertz CT molecular complexity index is 548. The van der Waals surface area contributed by atoms with Crippen molar-refractivity contribution in [1.29, 1.82) is 0 Å². The highest BCUT2D eigenvalue weighted by Gasteiger charge is 2.33. The lowest BCUT2D eigenvalue weighted by Gasteiger charge is -2.02. The van der Waals surface area contributed by atoms with E-state index in [0.29, 0.717) is 30.4 Å². The second-order valence-corrected chi connectivity index (χ2v) is 4.44. The van der Waals surface area contributed by atoms with E-state index in [-0.39, 0.29) is 11.8 Å². The fourth-order valence-corrected chi connectivity index (χ4v) is 2.31. The molecule has 0 aromatic carbocycles. The fraction of sp³-hybridized carbons (Fsp3) is 0.455. The summed E-state index contributed by atoms with van der Waals surface area (Å²) in [5.74, 6) is 0.469. The number of hydrogen-bond acceptors (Lipinski definition) is 5. The molecule has 2 heterocycles. The second-order valence-electron chi connectivity index (χ2n) is 4.44. The smallest absolute Gasteiger partial charge is 0.306 e. The van der Waals surface area contributed by atoms with Gasteiger partial charge in [0.15, 0.2) is 5.82 Å². The zero-order valence-electron chi connectivity index (χ0n) is 9.54. The molecule has 18 heavy (non-hydrogen) atoms. The Balaban J connectivity index is 1.77. The SMILES string of the molecule is O=C(O)C1CCC(c2nc(-c3ncc[nH]3)no2)C1. The largest absolute Gasteiger partial charge is 0.481 e. The average molecular weight is 248 g/mol. The van der Waals surface area contributed by atoms with Crippen LogP contribution in [0, 0.1) is 5.92 Å². The number of H-pyrrole nitrogens is 1. The zero-order valence-corrected chi connectivity index (χ0v) is 9.54. The Morgan fingerprint density at radius 1 is 1.50 bits per heavy atom. The van der Waals surface area contributed by atoms with Crippen LogP contribution in [0.2, 0.25) is 0 Å². The van der Waals surface area contributed by atoms with Crippen molar-refractivity contribution in [2.75, 3.05) is 0 Å². The second kappa shape index (κ2) is 4.25. The molecule has 94 valence electrons. The molecule has 2 atom stereocenters. The third-order valence-electron chi connectivity index (χ3n) is 3.28. The molecule has 3 rings (SSSR count). The van der Waals surface area contributed by atoms with Gasteiger partial charge < -0.3 is 14.6 Å². The summed E-state index contributed by atoms with van der Waals surface area (Å²) in [5.41, 5.74) is 0. The van der Waals surface area contributed by atoms with Crippen LogP contribution < -0.4 is 0 Å². The van der Waals surface area contributed by atoms with E-state index in [0.717, 1.165) is 6.42 Å². The van der Waals surface area contributed by atoms with E-state index in [4.69, 9.17) is 9.63 Å². The Morgan fingerprint density at radius 3 is 3.06 bits per heavy atom. The maximum atomic E-state index is 10.9. The molecule has 2 aromatic rings. The minimum absolute atomic E-state index is 0.0438. The van der Waals surface area contributed by atoms with Crippen molar-refractivity contribution in [2.45, 2.75) is 25.2 Å². The van der Waals surface area contributed by atoms with Crippen molar-refractivity contribution in [3.8, 4) is 11.6 Å². The van der Waals surface area contributed by atoms with Gasteiger partial charge in [-0.05, 0) is 19.3 Å². The summed E-state index contributed by atoms with van der Waals surface area (Å²) in [5, 5.41) is 12.8. The molecule has 0 spiro atoms. The minimum atomic E-state index is -0.747. The first kappa shape index (κ1) is 10.9. The average Bonchev–Trinajstić information content (AvgIpc) is 3.10. The van der Waals surface area contributed by atoms with Gasteiger partial charge in [0.2, 0.25) is 11.7 Å². The van der Waals surface area contributed by atoms with E-state index in [1.54, 1.807) is 12.4 Å². The number of carboxylic acid groups (broad SMARTS) is 1. The van der Waals surface area contributed by atoms with Crippen LogP contribution in [-0.4, -0.2) is 31.2 Å². The monoisotopic (exact) mass is 248 g/mol. The Hall–Kier alpha value is -2.18. The molecule has 0 amide bonds. The minimum Gasteiger partial charge on any atom is -0.481 e. The highest BCUT2D eigenvalue weighted by molar-refractivity contribution is 5.70. The van der Waals surface area contributed by atoms with Crippen molar-refractivity contribution in [3.63, 3.8) is 0 Å². The molecular formula is C11H12N4O3. The molecule has 7 heteroatoms. The van der Waals surface area contributed by atoms with Gasteiger partial charge in [-0.25, -0.2) is 4.98 Å². The lowest BCUT2D eigenvalue weighted by molar-refractivity contribution is -0.141. The molecule has 1 saturated carbocycles. The van der Waals surface area contributed by atoms with Gasteiger partial charge in [0.25, 0.3) is 0 Å². The molecule has 1 aliphatic rings. The number of aliphatic carboxylic acids is 1. The van der Waals surface area contributed by atoms with Crippen molar-refractivity contribution >= 4 is 5.97 Å². The van der Waals surface area contributed by atoms with Gasteiger partial charge in [-0.15, -0.1) is 0 Å². The molecule has 0 radical (unpaired) electrons. The van der Waals surface area contributed by atoms with Gasteiger partial charge in [-0.3, -0.25) is 4.79 Å². The van der Waals surface area contributed by atoms with Crippen LogP contribution in [0.4, 0.5) is 0 Å². The maximum Gasteiger partial charge on any atom is 0.306 e. The summed E-state index contributed by atoms with van der Waals surface area (Å²) >= 11 is 0. The van der Waals surface area contributed by atoms with Crippen molar-refractivity contribution in [2.24, 2.45) is 5.92 Å². The summed E-state index contributed by atoms with van der Waals surface area (Å²) in [6.45, 7) is 0. The van der Waals surface area contributed by atoms with Gasteiger partial charge in [0.1, 0.15) is 0 Å². The first-order valence-electron chi connectivity index (χ1n) is 5.80. The Labute approximate surface area is 102 Å². The van der Waals surface area contributed by atoms with Gasteiger partial charge >= 0.3 is 5.97 Å². The summed E-state index contributed by atoms with van der Waals surface area (Å²) in [6.07, 6.45) is 5.30. The molecule has 2 unspecified atom stereocenters. The van der Waals surface area contributed by atoms with Crippen molar-refractivity contribution < 1.29 is 14.4 Å². The molecule has 0 saturated heterocycles. The van der Waals surface area contributed by atoms with E-state index in [1.807, 2.05) is 0 Å². The third-order valence-corrected chi connectivity index (χ3v) is 3.28. The van der Waals surface area contributed by atoms with E-state index in [2.05, 4.69) is 20.1 Å². The summed E-state index contributed by atoms with van der Waals surface area (Å²) in [6, 6.07) is 0. The molecule has 1 fully saturated rings. The number of rotatable bonds is 3. The van der Waals surface area contributed by atoms with E-state index in [9.17, 15) is 4.79 Å². The quantitative estimate of drug-likeness (QED) is 0.851. The maximum absolute atomic E-state index is 10.9. The van der Waals surface area contributed by atoms with E-state index >= 15 is 0 Å². The standard InChI is InChI=1S/C11H12N4O3/c16-11(17)7-2-1-6(5-7)10-14-9(15-18-10)8-12-3-4-13-8/h3-4,6-7H,1-2,5H2,(H,12,13)(H,16,17). The normalized spacial score (nSPS) is 23.3. The number of imidazole rings is 1. The first-order chi connectivity index (χ1) is 8.74. The van der Waals surface area contributed by atoms with E-state index in [1.165, 1.54) is 0 Å². The van der Waals surface area contributed by atoms with Crippen LogP contribution in [0.3, 0.4) is 0 Å². The lowest BCUT2D eigenvalue weighted by atomic mass is 10.1. The van der Waals surface area contributed by atoms with Crippen LogP contribution in [0.15, 0.2) is 16.9 Å². The first-order valence-corrected chi connectivity index (χ1v) is 5.80. The molecule has 2 aromatic heterocycles. The van der Waals surface area contributed by atoms with Crippen LogP contribution in [0.5, 0.6) is 0 Å². The number of nitrogens with one attached hydrogen (secondary N) is 1. The van der Waals surface area contributed by atoms with Gasteiger partial charge in [-0.2, -0.15) is 4.98 Å². The number of aromatic nitrogens is 4. The van der Waals surface area contributed by atoms with Crippen LogP contribution in [0.1, 0.15) is 31.1 Å². The summed E-state index contributed by atoms with van der Waals surface area (Å²) < 4.78 is 5.19. The van der Waals surface area contributed by atoms with Crippen molar-refractivity contribution in [3.05, 3.63) is 18.3 Å². The summed E-state index contributed by atoms with van der Waals surface area (Å²) in [7, 11) is 0. The Morgan fingerprint density at radius 2 is 2.39 bits per heavy atom. The highest BCUT2D eigenvalue weighted by atomic mass is 16.5.